The molecule has 2 N–H and O–H groups in total. The molecule has 1 heterocycles. The molecular weight excluding hydrogens is 160 g/mol. The summed E-state index contributed by atoms with van der Waals surface area (Å²) in [6, 6.07) is 1.58. The summed E-state index contributed by atoms with van der Waals surface area (Å²) in [5.41, 5.74) is 6.52. The van der Waals surface area contributed by atoms with Crippen molar-refractivity contribution < 1.29 is 0 Å². The van der Waals surface area contributed by atoms with Gasteiger partial charge in [-0.15, -0.1) is 6.58 Å². The van der Waals surface area contributed by atoms with Gasteiger partial charge in [-0.1, -0.05) is 17.7 Å². The van der Waals surface area contributed by atoms with Crippen LogP contribution in [0.25, 0.3) is 0 Å². The third kappa shape index (κ3) is 1.79. The molecule has 0 aliphatic rings. The Hall–Kier alpha value is -0.860. The zero-order valence-electron chi connectivity index (χ0n) is 6.00. The molecule has 0 fully saturated rings. The Morgan fingerprint density at radius 2 is 2.45 bits per heavy atom. The van der Waals surface area contributed by atoms with E-state index in [1.54, 1.807) is 24.5 Å². The van der Waals surface area contributed by atoms with E-state index < -0.39 is 0 Å². The van der Waals surface area contributed by atoms with Crippen LogP contribution in [0.5, 0.6) is 0 Å². The second kappa shape index (κ2) is 3.51. The van der Waals surface area contributed by atoms with Gasteiger partial charge in [0.1, 0.15) is 0 Å². The van der Waals surface area contributed by atoms with E-state index in [-0.39, 0.29) is 6.04 Å². The van der Waals surface area contributed by atoms with E-state index in [1.165, 1.54) is 0 Å². The molecule has 0 aliphatic carbocycles. The van der Waals surface area contributed by atoms with Gasteiger partial charge in [0, 0.05) is 18.4 Å². The van der Waals surface area contributed by atoms with Crippen molar-refractivity contribution in [1.82, 2.24) is 4.98 Å². The molecule has 0 saturated heterocycles. The molecule has 1 rings (SSSR count). The second-order valence-electron chi connectivity index (χ2n) is 2.16. The van der Waals surface area contributed by atoms with Crippen LogP contribution in [-0.2, 0) is 0 Å². The first-order valence-corrected chi connectivity index (χ1v) is 3.61. The maximum absolute atomic E-state index is 5.81. The molecule has 1 aromatic rings. The van der Waals surface area contributed by atoms with Crippen LogP contribution in [0.2, 0.25) is 5.02 Å². The number of nitrogens with two attached hydrogens (primary N) is 1. The first kappa shape index (κ1) is 8.24. The fraction of sp³-hybridized carbons (Fsp3) is 0.125. The first-order chi connectivity index (χ1) is 5.25. The highest BCUT2D eigenvalue weighted by molar-refractivity contribution is 6.31. The van der Waals surface area contributed by atoms with Crippen LogP contribution < -0.4 is 5.73 Å². The summed E-state index contributed by atoms with van der Waals surface area (Å²) in [6.07, 6.45) is 4.87. The van der Waals surface area contributed by atoms with Crippen molar-refractivity contribution in [2.75, 3.05) is 0 Å². The second-order valence-corrected chi connectivity index (χ2v) is 2.57. The molecule has 0 radical (unpaired) electrons. The van der Waals surface area contributed by atoms with Crippen LogP contribution in [0.4, 0.5) is 0 Å². The summed E-state index contributed by atoms with van der Waals surface area (Å²) in [4.78, 5) is 3.84. The maximum Gasteiger partial charge on any atom is 0.0640 e. The lowest BCUT2D eigenvalue weighted by Gasteiger charge is -2.06. The molecular formula is C8H9ClN2. The van der Waals surface area contributed by atoms with Gasteiger partial charge < -0.3 is 5.73 Å². The van der Waals surface area contributed by atoms with E-state index in [0.717, 1.165) is 5.56 Å². The molecule has 0 unspecified atom stereocenters. The third-order valence-electron chi connectivity index (χ3n) is 1.42. The Morgan fingerprint density at radius 3 is 3.00 bits per heavy atom. The highest BCUT2D eigenvalue weighted by Gasteiger charge is 2.04. The van der Waals surface area contributed by atoms with Crippen molar-refractivity contribution >= 4 is 11.6 Å². The molecule has 11 heavy (non-hydrogen) atoms. The van der Waals surface area contributed by atoms with Crippen molar-refractivity contribution in [2.45, 2.75) is 6.04 Å². The van der Waals surface area contributed by atoms with Gasteiger partial charge in [0.15, 0.2) is 0 Å². The largest absolute Gasteiger partial charge is 0.321 e. The van der Waals surface area contributed by atoms with Gasteiger partial charge in [0.2, 0.25) is 0 Å². The van der Waals surface area contributed by atoms with Gasteiger partial charge in [0.25, 0.3) is 0 Å². The summed E-state index contributed by atoms with van der Waals surface area (Å²) in [7, 11) is 0. The minimum Gasteiger partial charge on any atom is -0.321 e. The van der Waals surface area contributed by atoms with Crippen LogP contribution in [0.3, 0.4) is 0 Å². The van der Waals surface area contributed by atoms with Crippen LogP contribution in [0.1, 0.15) is 11.6 Å². The molecule has 1 aromatic heterocycles. The quantitative estimate of drug-likeness (QED) is 0.686. The number of hydrogen-bond acceptors (Lipinski definition) is 2. The topological polar surface area (TPSA) is 38.9 Å². The van der Waals surface area contributed by atoms with Gasteiger partial charge in [-0.3, -0.25) is 4.98 Å². The molecule has 1 atom stereocenters. The normalized spacial score (nSPS) is 12.5. The molecule has 3 heteroatoms. The lowest BCUT2D eigenvalue weighted by molar-refractivity contribution is 0.910. The number of aromatic nitrogens is 1. The molecule has 0 amide bonds. The molecule has 0 spiro atoms. The van der Waals surface area contributed by atoms with Crippen molar-refractivity contribution in [1.29, 1.82) is 0 Å². The minimum atomic E-state index is -0.203. The van der Waals surface area contributed by atoms with E-state index >= 15 is 0 Å². The smallest absolute Gasteiger partial charge is 0.0640 e. The number of rotatable bonds is 2. The van der Waals surface area contributed by atoms with Crippen molar-refractivity contribution in [3.8, 4) is 0 Å². The highest BCUT2D eigenvalue weighted by Crippen LogP contribution is 2.19. The van der Waals surface area contributed by atoms with E-state index in [9.17, 15) is 0 Å². The minimum absolute atomic E-state index is 0.203. The summed E-state index contributed by atoms with van der Waals surface area (Å²) < 4.78 is 0. The Kier molecular flexibility index (Phi) is 2.63. The predicted octanol–water partition coefficient (Wildman–Crippen LogP) is 1.92. The highest BCUT2D eigenvalue weighted by atomic mass is 35.5. The van der Waals surface area contributed by atoms with Gasteiger partial charge in [-0.2, -0.15) is 0 Å². The standard InChI is InChI=1S/C8H9ClN2/c1-2-8(10)6-3-4-11-5-7(6)9/h2-5,8H,1,10H2/t8-/m1/s1. The molecule has 0 aliphatic heterocycles. The summed E-state index contributed by atoms with van der Waals surface area (Å²) >= 11 is 5.81. The van der Waals surface area contributed by atoms with E-state index in [4.69, 9.17) is 17.3 Å². The fourth-order valence-corrected chi connectivity index (χ4v) is 1.03. The van der Waals surface area contributed by atoms with Gasteiger partial charge in [-0.25, -0.2) is 0 Å². The van der Waals surface area contributed by atoms with Crippen molar-refractivity contribution in [3.05, 3.63) is 41.7 Å². The van der Waals surface area contributed by atoms with E-state index in [1.807, 2.05) is 0 Å². The zero-order valence-corrected chi connectivity index (χ0v) is 6.75. The Bertz CT molecular complexity index is 260. The van der Waals surface area contributed by atoms with E-state index in [2.05, 4.69) is 11.6 Å². The average Bonchev–Trinajstić information content (AvgIpc) is 2.04. The lowest BCUT2D eigenvalue weighted by Crippen LogP contribution is -2.06. The number of nitrogens with zero attached hydrogens (tertiary/aromatic N) is 1. The summed E-state index contributed by atoms with van der Waals surface area (Å²) in [6.45, 7) is 3.57. The summed E-state index contributed by atoms with van der Waals surface area (Å²) in [5.74, 6) is 0. The number of halogens is 1. The van der Waals surface area contributed by atoms with Crippen molar-refractivity contribution in [2.24, 2.45) is 5.73 Å². The molecule has 58 valence electrons. The fourth-order valence-electron chi connectivity index (χ4n) is 0.783. The molecule has 2 nitrogen and oxygen atoms in total. The third-order valence-corrected chi connectivity index (χ3v) is 1.73. The predicted molar refractivity (Wildman–Crippen MR) is 46.4 cm³/mol. The van der Waals surface area contributed by atoms with Crippen LogP contribution in [0.15, 0.2) is 31.1 Å². The van der Waals surface area contributed by atoms with Gasteiger partial charge in [-0.05, 0) is 11.6 Å². The molecule has 0 saturated carbocycles. The first-order valence-electron chi connectivity index (χ1n) is 3.23. The SMILES string of the molecule is C=C[C@@H](N)c1ccncc1Cl. The molecule has 0 aromatic carbocycles. The maximum atomic E-state index is 5.81. The van der Waals surface area contributed by atoms with Gasteiger partial charge in [0.05, 0.1) is 5.02 Å². The monoisotopic (exact) mass is 168 g/mol. The van der Waals surface area contributed by atoms with E-state index in [0.29, 0.717) is 5.02 Å². The van der Waals surface area contributed by atoms with Crippen LogP contribution in [0, 0.1) is 0 Å². The Labute approximate surface area is 70.7 Å². The van der Waals surface area contributed by atoms with Crippen LogP contribution >= 0.6 is 11.6 Å². The molecule has 0 bridgehead atoms. The Balaban J connectivity index is 3.02. The van der Waals surface area contributed by atoms with Gasteiger partial charge >= 0.3 is 0 Å². The van der Waals surface area contributed by atoms with Crippen molar-refractivity contribution in [3.63, 3.8) is 0 Å². The number of pyridine rings is 1. The Morgan fingerprint density at radius 1 is 1.73 bits per heavy atom. The van der Waals surface area contributed by atoms with Crippen LogP contribution in [-0.4, -0.2) is 4.98 Å². The average molecular weight is 169 g/mol. The zero-order chi connectivity index (χ0) is 8.27. The lowest BCUT2D eigenvalue weighted by atomic mass is 10.1. The number of hydrogen-bond donors (Lipinski definition) is 1. The summed E-state index contributed by atoms with van der Waals surface area (Å²) in [5, 5.41) is 0.583.